The van der Waals surface area contributed by atoms with Crippen molar-refractivity contribution in [2.75, 3.05) is 17.1 Å². The summed E-state index contributed by atoms with van der Waals surface area (Å²) in [6, 6.07) is 33.5. The molecule has 2 aliphatic rings. The van der Waals surface area contributed by atoms with Crippen molar-refractivity contribution in [1.82, 2.24) is 0 Å². The summed E-state index contributed by atoms with van der Waals surface area (Å²) >= 11 is 0. The number of fused-ring (bicyclic) bond motifs is 1. The van der Waals surface area contributed by atoms with Gasteiger partial charge in [0.05, 0.1) is 18.5 Å². The maximum atomic E-state index is 14.7. The van der Waals surface area contributed by atoms with Crippen LogP contribution in [0.3, 0.4) is 0 Å². The summed E-state index contributed by atoms with van der Waals surface area (Å²) in [5, 5.41) is 1.72. The molecule has 6 rings (SSSR count). The topological polar surface area (TPSA) is 59.1 Å². The lowest BCUT2D eigenvalue weighted by Gasteiger charge is -2.35. The minimum Gasteiger partial charge on any atom is -0.497 e. The molecule has 0 saturated carbocycles. The maximum Gasteiger partial charge on any atom is 0.267 e. The highest BCUT2D eigenvalue weighted by Crippen LogP contribution is 2.57. The van der Waals surface area contributed by atoms with Crippen LogP contribution in [0.2, 0.25) is 0 Å². The number of anilines is 2. The second-order valence-electron chi connectivity index (χ2n) is 9.37. The van der Waals surface area contributed by atoms with Crippen LogP contribution in [-0.4, -0.2) is 25.0 Å². The van der Waals surface area contributed by atoms with Crippen molar-refractivity contribution in [3.05, 3.63) is 126 Å². The van der Waals surface area contributed by atoms with Gasteiger partial charge in [-0.05, 0) is 54.4 Å². The number of carbonyl (C=O) groups is 2. The Labute approximate surface area is 215 Å². The molecule has 0 bridgehead atoms. The molecule has 2 amide bonds. The predicted octanol–water partition coefficient (Wildman–Crippen LogP) is 5.38. The number of aryl methyl sites for hydroxylation is 1. The van der Waals surface area contributed by atoms with Crippen LogP contribution in [0.4, 0.5) is 11.4 Å². The number of hydroxylamine groups is 1. The first kappa shape index (κ1) is 23.0. The third kappa shape index (κ3) is 3.44. The van der Waals surface area contributed by atoms with Crippen molar-refractivity contribution in [3.63, 3.8) is 0 Å². The number of hydrogen-bond acceptors (Lipinski definition) is 5. The number of ether oxygens (including phenoxy) is 1. The third-order valence-electron chi connectivity index (χ3n) is 7.29. The molecule has 2 saturated heterocycles. The Hall–Kier alpha value is -4.42. The molecule has 0 aliphatic carbocycles. The summed E-state index contributed by atoms with van der Waals surface area (Å²) in [6.45, 7) is 1.97. The minimum absolute atomic E-state index is 0.309. The van der Waals surface area contributed by atoms with Gasteiger partial charge < -0.3 is 4.74 Å². The highest BCUT2D eigenvalue weighted by molar-refractivity contribution is 6.28. The van der Waals surface area contributed by atoms with Crippen LogP contribution >= 0.6 is 0 Å². The molecule has 0 spiro atoms. The van der Waals surface area contributed by atoms with Crippen LogP contribution in [0, 0.1) is 6.92 Å². The molecular formula is C31H26N2O4. The summed E-state index contributed by atoms with van der Waals surface area (Å²) in [5.74, 6) is 0.0146. The molecule has 3 atom stereocenters. The van der Waals surface area contributed by atoms with E-state index in [1.807, 2.05) is 116 Å². The first-order valence-electron chi connectivity index (χ1n) is 12.2. The zero-order valence-corrected chi connectivity index (χ0v) is 20.6. The van der Waals surface area contributed by atoms with Gasteiger partial charge in [-0.25, -0.2) is 9.96 Å². The second kappa shape index (κ2) is 8.91. The number of benzene rings is 4. The summed E-state index contributed by atoms with van der Waals surface area (Å²) in [4.78, 5) is 36.5. The third-order valence-corrected chi connectivity index (χ3v) is 7.29. The SMILES string of the molecule is COc1ccc([C@H]2N(c3ccccc3)O[C@H]3C(=O)N(c4ccc(C)cc4)C(=O)[C@]32c2ccccc2)cc1. The molecule has 4 aromatic rings. The Morgan fingerprint density at radius 2 is 1.38 bits per heavy atom. The second-order valence-corrected chi connectivity index (χ2v) is 9.37. The van der Waals surface area contributed by atoms with Gasteiger partial charge in [0.15, 0.2) is 6.10 Å². The van der Waals surface area contributed by atoms with E-state index in [-0.39, 0.29) is 11.8 Å². The molecule has 184 valence electrons. The van der Waals surface area contributed by atoms with Crippen LogP contribution in [0.1, 0.15) is 22.7 Å². The maximum absolute atomic E-state index is 14.7. The van der Waals surface area contributed by atoms with E-state index in [1.165, 1.54) is 4.90 Å². The first-order valence-corrected chi connectivity index (χ1v) is 12.2. The summed E-state index contributed by atoms with van der Waals surface area (Å²) < 4.78 is 5.39. The van der Waals surface area contributed by atoms with Crippen LogP contribution in [0.5, 0.6) is 5.75 Å². The summed E-state index contributed by atoms with van der Waals surface area (Å²) in [7, 11) is 1.62. The van der Waals surface area contributed by atoms with Gasteiger partial charge in [0.25, 0.3) is 5.91 Å². The fraction of sp³-hybridized carbons (Fsp3) is 0.161. The number of amides is 2. The number of methoxy groups -OCH3 is 1. The van der Waals surface area contributed by atoms with Crippen LogP contribution in [-0.2, 0) is 19.8 Å². The van der Waals surface area contributed by atoms with Gasteiger partial charge in [0.1, 0.15) is 17.2 Å². The molecule has 2 fully saturated rings. The number of rotatable bonds is 5. The Morgan fingerprint density at radius 3 is 2.00 bits per heavy atom. The Balaban J connectivity index is 1.60. The van der Waals surface area contributed by atoms with Crippen LogP contribution < -0.4 is 14.7 Å². The van der Waals surface area contributed by atoms with Crippen molar-refractivity contribution < 1.29 is 19.2 Å². The number of carbonyl (C=O) groups excluding carboxylic acids is 2. The fourth-order valence-electron chi connectivity index (χ4n) is 5.51. The molecule has 6 nitrogen and oxygen atoms in total. The van der Waals surface area contributed by atoms with Gasteiger partial charge in [0.2, 0.25) is 5.91 Å². The molecule has 2 aliphatic heterocycles. The highest BCUT2D eigenvalue weighted by atomic mass is 16.7. The van der Waals surface area contributed by atoms with E-state index >= 15 is 0 Å². The van der Waals surface area contributed by atoms with Gasteiger partial charge in [-0.3, -0.25) is 14.4 Å². The van der Waals surface area contributed by atoms with Crippen molar-refractivity contribution in [2.45, 2.75) is 24.5 Å². The van der Waals surface area contributed by atoms with Crippen molar-refractivity contribution in [2.24, 2.45) is 0 Å². The van der Waals surface area contributed by atoms with E-state index in [0.29, 0.717) is 11.4 Å². The molecule has 0 N–H and O–H groups in total. The van der Waals surface area contributed by atoms with Gasteiger partial charge in [-0.2, -0.15) is 0 Å². The van der Waals surface area contributed by atoms with Crippen molar-refractivity contribution in [3.8, 4) is 5.75 Å². The normalized spacial score (nSPS) is 22.9. The Bertz CT molecular complexity index is 1440. The lowest BCUT2D eigenvalue weighted by molar-refractivity contribution is -0.126. The van der Waals surface area contributed by atoms with Gasteiger partial charge >= 0.3 is 0 Å². The van der Waals surface area contributed by atoms with Gasteiger partial charge in [-0.1, -0.05) is 78.4 Å². The predicted molar refractivity (Wildman–Crippen MR) is 141 cm³/mol. The Morgan fingerprint density at radius 1 is 0.757 bits per heavy atom. The molecule has 0 radical (unpaired) electrons. The molecule has 0 unspecified atom stereocenters. The molecular weight excluding hydrogens is 464 g/mol. The summed E-state index contributed by atoms with van der Waals surface area (Å²) in [5.41, 5.74) is 2.59. The molecule has 2 heterocycles. The van der Waals surface area contributed by atoms with E-state index in [2.05, 4.69) is 0 Å². The Kier molecular flexibility index (Phi) is 5.54. The lowest BCUT2D eigenvalue weighted by Crippen LogP contribution is -2.46. The number of imide groups is 1. The fourth-order valence-corrected chi connectivity index (χ4v) is 5.51. The number of hydrogen-bond donors (Lipinski definition) is 0. The van der Waals surface area contributed by atoms with E-state index in [1.54, 1.807) is 12.2 Å². The van der Waals surface area contributed by atoms with E-state index in [9.17, 15) is 9.59 Å². The number of nitrogens with zero attached hydrogens (tertiary/aromatic N) is 2. The minimum atomic E-state index is -1.31. The molecule has 4 aromatic carbocycles. The zero-order valence-electron chi connectivity index (χ0n) is 20.6. The smallest absolute Gasteiger partial charge is 0.267 e. The van der Waals surface area contributed by atoms with E-state index in [0.717, 1.165) is 22.4 Å². The first-order chi connectivity index (χ1) is 18.1. The standard InChI is InChI=1S/C31H26N2O4/c1-21-13-17-24(18-14-21)32-29(34)28-31(30(32)35,23-9-5-3-6-10-23)27(22-15-19-26(36-2)20-16-22)33(37-28)25-11-7-4-8-12-25/h3-20,27-28H,1-2H3/t27-,28+,31+/m1/s1. The zero-order chi connectivity index (χ0) is 25.6. The lowest BCUT2D eigenvalue weighted by atomic mass is 9.69. The quantitative estimate of drug-likeness (QED) is 0.352. The molecule has 6 heteroatoms. The average molecular weight is 491 g/mol. The number of para-hydroxylation sites is 1. The average Bonchev–Trinajstić information content (AvgIpc) is 3.41. The highest BCUT2D eigenvalue weighted by Gasteiger charge is 2.72. The van der Waals surface area contributed by atoms with E-state index < -0.39 is 17.6 Å². The van der Waals surface area contributed by atoms with Gasteiger partial charge in [0, 0.05) is 0 Å². The van der Waals surface area contributed by atoms with Crippen LogP contribution in [0.15, 0.2) is 109 Å². The van der Waals surface area contributed by atoms with Crippen molar-refractivity contribution >= 4 is 23.2 Å². The molecule has 37 heavy (non-hydrogen) atoms. The van der Waals surface area contributed by atoms with Crippen LogP contribution in [0.25, 0.3) is 0 Å². The van der Waals surface area contributed by atoms with Crippen molar-refractivity contribution in [1.29, 1.82) is 0 Å². The van der Waals surface area contributed by atoms with E-state index in [4.69, 9.17) is 9.57 Å². The summed E-state index contributed by atoms with van der Waals surface area (Å²) in [6.07, 6.45) is -1.05. The van der Waals surface area contributed by atoms with Gasteiger partial charge in [-0.15, -0.1) is 0 Å². The largest absolute Gasteiger partial charge is 0.497 e. The monoisotopic (exact) mass is 490 g/mol. The molecule has 0 aromatic heterocycles.